The van der Waals surface area contributed by atoms with E-state index in [1.165, 1.54) is 11.4 Å². The van der Waals surface area contributed by atoms with Gasteiger partial charge in [-0.3, -0.25) is 4.79 Å². The Bertz CT molecular complexity index is 647. The molecule has 0 saturated carbocycles. The molecule has 0 aromatic heterocycles. The van der Waals surface area contributed by atoms with Gasteiger partial charge in [-0.05, 0) is 19.1 Å². The SMILES string of the molecule is COc1ccccc1C(=O)NCCS(=O)(=O)N1CCOC(C)C1. The van der Waals surface area contributed by atoms with Gasteiger partial charge in [0.1, 0.15) is 5.75 Å². The van der Waals surface area contributed by atoms with Crippen LogP contribution in [0.3, 0.4) is 0 Å². The van der Waals surface area contributed by atoms with Gasteiger partial charge in [0.25, 0.3) is 5.91 Å². The van der Waals surface area contributed by atoms with Crippen LogP contribution in [0, 0.1) is 0 Å². The summed E-state index contributed by atoms with van der Waals surface area (Å²) in [7, 11) is -1.92. The van der Waals surface area contributed by atoms with E-state index in [1.54, 1.807) is 24.3 Å². The second-order valence-electron chi connectivity index (χ2n) is 5.31. The Balaban J connectivity index is 1.90. The molecule has 1 aliphatic heterocycles. The number of ether oxygens (including phenoxy) is 2. The topological polar surface area (TPSA) is 84.9 Å². The fraction of sp³-hybridized carbons (Fsp3) is 0.533. The average molecular weight is 342 g/mol. The van der Waals surface area contributed by atoms with Gasteiger partial charge >= 0.3 is 0 Å². The van der Waals surface area contributed by atoms with Crippen molar-refractivity contribution in [3.63, 3.8) is 0 Å². The van der Waals surface area contributed by atoms with Gasteiger partial charge in [0.15, 0.2) is 0 Å². The third kappa shape index (κ3) is 4.66. The first kappa shape index (κ1) is 17.7. The maximum atomic E-state index is 12.3. The van der Waals surface area contributed by atoms with Gasteiger partial charge in [0.2, 0.25) is 10.0 Å². The summed E-state index contributed by atoms with van der Waals surface area (Å²) in [5, 5.41) is 2.62. The molecule has 0 spiro atoms. The summed E-state index contributed by atoms with van der Waals surface area (Å²) in [5.41, 5.74) is 0.382. The zero-order chi connectivity index (χ0) is 16.9. The normalized spacial score (nSPS) is 19.3. The monoisotopic (exact) mass is 342 g/mol. The van der Waals surface area contributed by atoms with Crippen molar-refractivity contribution in [1.29, 1.82) is 0 Å². The molecule has 0 aliphatic carbocycles. The van der Waals surface area contributed by atoms with Crippen molar-refractivity contribution in [2.75, 3.05) is 39.1 Å². The van der Waals surface area contributed by atoms with Gasteiger partial charge in [-0.15, -0.1) is 0 Å². The first-order valence-electron chi connectivity index (χ1n) is 7.44. The molecule has 7 nitrogen and oxygen atoms in total. The van der Waals surface area contributed by atoms with Crippen LogP contribution in [0.2, 0.25) is 0 Å². The Morgan fingerprint density at radius 1 is 1.43 bits per heavy atom. The van der Waals surface area contributed by atoms with Crippen molar-refractivity contribution in [2.45, 2.75) is 13.0 Å². The number of hydrogen-bond donors (Lipinski definition) is 1. The van der Waals surface area contributed by atoms with Crippen LogP contribution in [-0.4, -0.2) is 63.8 Å². The molecule has 1 fully saturated rings. The summed E-state index contributed by atoms with van der Waals surface area (Å²) in [6.07, 6.45) is -0.110. The van der Waals surface area contributed by atoms with Crippen molar-refractivity contribution >= 4 is 15.9 Å². The molecule has 1 heterocycles. The lowest BCUT2D eigenvalue weighted by molar-refractivity contribution is 0.0102. The summed E-state index contributed by atoms with van der Waals surface area (Å²) in [6.45, 7) is 2.99. The summed E-state index contributed by atoms with van der Waals surface area (Å²) in [4.78, 5) is 12.1. The highest BCUT2D eigenvalue weighted by atomic mass is 32.2. The van der Waals surface area contributed by atoms with Gasteiger partial charge in [0.05, 0.1) is 31.1 Å². The number of nitrogens with one attached hydrogen (secondary N) is 1. The Morgan fingerprint density at radius 2 is 2.17 bits per heavy atom. The molecule has 128 valence electrons. The molecule has 1 unspecified atom stereocenters. The van der Waals surface area contributed by atoms with Crippen LogP contribution in [-0.2, 0) is 14.8 Å². The Morgan fingerprint density at radius 3 is 2.87 bits per heavy atom. The number of carbonyl (C=O) groups excluding carboxylic acids is 1. The molecule has 1 aliphatic rings. The number of benzene rings is 1. The van der Waals surface area contributed by atoms with Gasteiger partial charge in [0, 0.05) is 19.6 Å². The maximum absolute atomic E-state index is 12.3. The van der Waals surface area contributed by atoms with Gasteiger partial charge < -0.3 is 14.8 Å². The lowest BCUT2D eigenvalue weighted by Gasteiger charge is -2.30. The lowest BCUT2D eigenvalue weighted by Crippen LogP contribution is -2.46. The fourth-order valence-corrected chi connectivity index (χ4v) is 3.80. The maximum Gasteiger partial charge on any atom is 0.255 e. The van der Waals surface area contributed by atoms with Crippen LogP contribution in [0.25, 0.3) is 0 Å². The molecule has 1 aromatic carbocycles. The number of sulfonamides is 1. The Kier molecular flexibility index (Phi) is 5.97. The number of hydrogen-bond acceptors (Lipinski definition) is 5. The largest absolute Gasteiger partial charge is 0.496 e. The Hall–Kier alpha value is -1.64. The molecule has 2 rings (SSSR count). The molecule has 8 heteroatoms. The molecular formula is C15H22N2O5S. The number of nitrogens with zero attached hydrogens (tertiary/aromatic N) is 1. The van der Waals surface area contributed by atoms with Crippen LogP contribution in [0.4, 0.5) is 0 Å². The molecule has 1 aromatic rings. The number of methoxy groups -OCH3 is 1. The van der Waals surface area contributed by atoms with Crippen molar-refractivity contribution in [3.8, 4) is 5.75 Å². The number of morpholine rings is 1. The molecule has 1 saturated heterocycles. The number of rotatable bonds is 6. The van der Waals surface area contributed by atoms with Crippen molar-refractivity contribution in [1.82, 2.24) is 9.62 Å². The average Bonchev–Trinajstić information content (AvgIpc) is 2.54. The first-order chi connectivity index (χ1) is 10.9. The molecule has 1 atom stereocenters. The van der Waals surface area contributed by atoms with Gasteiger partial charge in [-0.2, -0.15) is 4.31 Å². The van der Waals surface area contributed by atoms with Crippen molar-refractivity contribution in [3.05, 3.63) is 29.8 Å². The van der Waals surface area contributed by atoms with Crippen molar-refractivity contribution < 1.29 is 22.7 Å². The Labute approximate surface area is 136 Å². The second kappa shape index (κ2) is 7.76. The number of amides is 1. The number of para-hydroxylation sites is 1. The fourth-order valence-electron chi connectivity index (χ4n) is 2.39. The standard InChI is InChI=1S/C15H22N2O5S/c1-12-11-17(8-9-22-12)23(19,20)10-7-16-15(18)13-5-3-4-6-14(13)21-2/h3-6,12H,7-11H2,1-2H3,(H,16,18). The predicted octanol–water partition coefficient (Wildman–Crippen LogP) is 0.476. The molecule has 1 amide bonds. The van der Waals surface area contributed by atoms with E-state index < -0.39 is 10.0 Å². The molecule has 23 heavy (non-hydrogen) atoms. The molecule has 1 N–H and O–H groups in total. The van der Waals surface area contributed by atoms with Gasteiger partial charge in [-0.1, -0.05) is 12.1 Å². The highest BCUT2D eigenvalue weighted by molar-refractivity contribution is 7.89. The van der Waals surface area contributed by atoms with E-state index in [-0.39, 0.29) is 24.3 Å². The molecular weight excluding hydrogens is 320 g/mol. The number of carbonyl (C=O) groups is 1. The van der Waals surface area contributed by atoms with Crippen LogP contribution in [0.5, 0.6) is 5.75 Å². The van der Waals surface area contributed by atoms with Crippen LogP contribution < -0.4 is 10.1 Å². The second-order valence-corrected chi connectivity index (χ2v) is 7.40. The third-order valence-corrected chi connectivity index (χ3v) is 5.43. The third-order valence-electron chi connectivity index (χ3n) is 3.59. The van der Waals surface area contributed by atoms with E-state index in [2.05, 4.69) is 5.32 Å². The van der Waals surface area contributed by atoms with Crippen molar-refractivity contribution in [2.24, 2.45) is 0 Å². The van der Waals surface area contributed by atoms with E-state index in [0.29, 0.717) is 31.0 Å². The van der Waals surface area contributed by atoms with Crippen LogP contribution in [0.1, 0.15) is 17.3 Å². The van der Waals surface area contributed by atoms with E-state index in [4.69, 9.17) is 9.47 Å². The summed E-state index contributed by atoms with van der Waals surface area (Å²) < 4.78 is 36.4. The highest BCUT2D eigenvalue weighted by Crippen LogP contribution is 2.16. The van der Waals surface area contributed by atoms with Crippen LogP contribution >= 0.6 is 0 Å². The summed E-state index contributed by atoms with van der Waals surface area (Å²) in [6, 6.07) is 6.80. The lowest BCUT2D eigenvalue weighted by atomic mass is 10.2. The van der Waals surface area contributed by atoms with E-state index in [0.717, 1.165) is 0 Å². The zero-order valence-corrected chi connectivity index (χ0v) is 14.1. The molecule has 0 bridgehead atoms. The highest BCUT2D eigenvalue weighted by Gasteiger charge is 2.27. The van der Waals surface area contributed by atoms with Gasteiger partial charge in [-0.25, -0.2) is 8.42 Å². The van der Waals surface area contributed by atoms with E-state index >= 15 is 0 Å². The summed E-state index contributed by atoms with van der Waals surface area (Å²) >= 11 is 0. The van der Waals surface area contributed by atoms with Crippen LogP contribution in [0.15, 0.2) is 24.3 Å². The van der Waals surface area contributed by atoms with E-state index in [9.17, 15) is 13.2 Å². The minimum atomic E-state index is -3.40. The smallest absolute Gasteiger partial charge is 0.255 e. The quantitative estimate of drug-likeness (QED) is 0.813. The van der Waals surface area contributed by atoms with E-state index in [1.807, 2.05) is 6.92 Å². The zero-order valence-electron chi connectivity index (χ0n) is 13.3. The minimum absolute atomic E-state index is 0.0466. The first-order valence-corrected chi connectivity index (χ1v) is 9.05. The summed E-state index contributed by atoms with van der Waals surface area (Å²) in [5.74, 6) is -0.0384. The predicted molar refractivity (Wildman–Crippen MR) is 86.1 cm³/mol. The molecule has 0 radical (unpaired) electrons. The minimum Gasteiger partial charge on any atom is -0.496 e.